The Morgan fingerprint density at radius 2 is 2.00 bits per heavy atom. The maximum atomic E-state index is 12.4. The summed E-state index contributed by atoms with van der Waals surface area (Å²) < 4.78 is 26.3. The molecule has 1 aromatic heterocycles. The Morgan fingerprint density at radius 1 is 1.33 bits per heavy atom. The fourth-order valence-corrected chi connectivity index (χ4v) is 4.35. The molecule has 0 amide bonds. The third-order valence-electron chi connectivity index (χ3n) is 4.11. The molecular weight excluding hydrogens is 252 g/mol. The first kappa shape index (κ1) is 12.1. The van der Waals surface area contributed by atoms with Crippen LogP contribution in [0.2, 0.25) is 0 Å². The van der Waals surface area contributed by atoms with Gasteiger partial charge >= 0.3 is 0 Å². The Kier molecular flexibility index (Phi) is 2.91. The van der Waals surface area contributed by atoms with Crippen molar-refractivity contribution in [2.45, 2.75) is 48.7 Å². The molecule has 7 heteroatoms. The number of aromatic nitrogens is 2. The lowest BCUT2D eigenvalue weighted by molar-refractivity contribution is 0.251. The van der Waals surface area contributed by atoms with Gasteiger partial charge in [0.25, 0.3) is 0 Å². The van der Waals surface area contributed by atoms with Crippen LogP contribution in [0.4, 0.5) is 0 Å². The van der Waals surface area contributed by atoms with E-state index in [4.69, 9.17) is 0 Å². The van der Waals surface area contributed by atoms with Crippen LogP contribution in [0.15, 0.2) is 17.3 Å². The zero-order chi connectivity index (χ0) is 12.8. The normalized spacial score (nSPS) is 32.0. The zero-order valence-corrected chi connectivity index (χ0v) is 11.2. The van der Waals surface area contributed by atoms with E-state index in [9.17, 15) is 8.42 Å². The standard InChI is InChI=1S/C11H18N4O2S/c1-15(18(16,17)11-6-12-13-7-11)10-4-8-2-3-9(5-10)14-8/h6-10,14H,2-5H2,1H3,(H,12,13). The SMILES string of the molecule is CN(C1CC2CCC(C1)N2)S(=O)(=O)c1cn[nH]c1. The molecule has 2 aliphatic rings. The molecule has 0 aliphatic carbocycles. The summed E-state index contributed by atoms with van der Waals surface area (Å²) in [5.41, 5.74) is 0. The smallest absolute Gasteiger partial charge is 0.246 e. The summed E-state index contributed by atoms with van der Waals surface area (Å²) in [6.07, 6.45) is 6.94. The second kappa shape index (κ2) is 4.32. The molecule has 2 saturated heterocycles. The van der Waals surface area contributed by atoms with Crippen molar-refractivity contribution in [3.63, 3.8) is 0 Å². The van der Waals surface area contributed by atoms with Gasteiger partial charge in [-0.3, -0.25) is 5.10 Å². The monoisotopic (exact) mass is 270 g/mol. The van der Waals surface area contributed by atoms with Crippen LogP contribution < -0.4 is 5.32 Å². The van der Waals surface area contributed by atoms with Gasteiger partial charge in [0.15, 0.2) is 0 Å². The van der Waals surface area contributed by atoms with E-state index in [2.05, 4.69) is 15.5 Å². The fraction of sp³-hybridized carbons (Fsp3) is 0.727. The number of rotatable bonds is 3. The fourth-order valence-electron chi connectivity index (χ4n) is 3.07. The Balaban J connectivity index is 1.80. The Bertz CT molecular complexity index is 501. The minimum Gasteiger partial charge on any atom is -0.311 e. The van der Waals surface area contributed by atoms with E-state index in [0.29, 0.717) is 12.1 Å². The predicted molar refractivity (Wildman–Crippen MR) is 66.5 cm³/mol. The van der Waals surface area contributed by atoms with Crippen LogP contribution in [0.3, 0.4) is 0 Å². The molecule has 1 aromatic rings. The van der Waals surface area contributed by atoms with Crippen LogP contribution >= 0.6 is 0 Å². The van der Waals surface area contributed by atoms with Gasteiger partial charge < -0.3 is 5.32 Å². The first-order chi connectivity index (χ1) is 8.57. The summed E-state index contributed by atoms with van der Waals surface area (Å²) in [4.78, 5) is 0.246. The van der Waals surface area contributed by atoms with Crippen LogP contribution in [0, 0.1) is 0 Å². The summed E-state index contributed by atoms with van der Waals surface area (Å²) >= 11 is 0. The van der Waals surface area contributed by atoms with Crippen molar-refractivity contribution in [1.29, 1.82) is 0 Å². The molecule has 0 saturated carbocycles. The lowest BCUT2D eigenvalue weighted by Crippen LogP contribution is -2.48. The highest BCUT2D eigenvalue weighted by Crippen LogP contribution is 2.31. The van der Waals surface area contributed by atoms with Gasteiger partial charge in [0, 0.05) is 31.4 Å². The number of aromatic amines is 1. The van der Waals surface area contributed by atoms with Gasteiger partial charge in [-0.05, 0) is 25.7 Å². The Morgan fingerprint density at radius 3 is 2.56 bits per heavy atom. The predicted octanol–water partition coefficient (Wildman–Crippen LogP) is 0.313. The average Bonchev–Trinajstić information content (AvgIpc) is 2.98. The molecular formula is C11H18N4O2S. The number of fused-ring (bicyclic) bond motifs is 2. The summed E-state index contributed by atoms with van der Waals surface area (Å²) in [5, 5.41) is 9.79. The van der Waals surface area contributed by atoms with Gasteiger partial charge in [0.2, 0.25) is 10.0 Å². The molecule has 3 rings (SSSR count). The summed E-state index contributed by atoms with van der Waals surface area (Å²) in [6, 6.07) is 1.06. The molecule has 6 nitrogen and oxygen atoms in total. The topological polar surface area (TPSA) is 78.1 Å². The van der Waals surface area contributed by atoms with E-state index in [1.54, 1.807) is 7.05 Å². The van der Waals surface area contributed by atoms with Crippen molar-refractivity contribution in [3.05, 3.63) is 12.4 Å². The number of sulfonamides is 1. The second-order valence-corrected chi connectivity index (χ2v) is 7.22. The zero-order valence-electron chi connectivity index (χ0n) is 10.3. The van der Waals surface area contributed by atoms with E-state index in [-0.39, 0.29) is 10.9 Å². The molecule has 2 N–H and O–H groups in total. The highest BCUT2D eigenvalue weighted by molar-refractivity contribution is 7.89. The van der Waals surface area contributed by atoms with Crippen LogP contribution in [0.5, 0.6) is 0 Å². The maximum absolute atomic E-state index is 12.4. The minimum atomic E-state index is -3.40. The number of nitrogens with one attached hydrogen (secondary N) is 2. The lowest BCUT2D eigenvalue weighted by Gasteiger charge is -2.34. The van der Waals surface area contributed by atoms with Crippen LogP contribution in [0.25, 0.3) is 0 Å². The van der Waals surface area contributed by atoms with Crippen LogP contribution in [-0.4, -0.2) is 48.1 Å². The number of H-pyrrole nitrogens is 1. The van der Waals surface area contributed by atoms with Gasteiger partial charge in [-0.15, -0.1) is 0 Å². The molecule has 18 heavy (non-hydrogen) atoms. The van der Waals surface area contributed by atoms with Crippen molar-refractivity contribution < 1.29 is 8.42 Å². The highest BCUT2D eigenvalue weighted by Gasteiger charge is 2.38. The molecule has 0 aromatic carbocycles. The first-order valence-corrected chi connectivity index (χ1v) is 7.74. The molecule has 0 spiro atoms. The lowest BCUT2D eigenvalue weighted by atomic mass is 10.0. The van der Waals surface area contributed by atoms with E-state index < -0.39 is 10.0 Å². The van der Waals surface area contributed by atoms with Crippen molar-refractivity contribution in [2.75, 3.05) is 7.05 Å². The number of hydrogen-bond acceptors (Lipinski definition) is 4. The minimum absolute atomic E-state index is 0.101. The molecule has 2 bridgehead atoms. The van der Waals surface area contributed by atoms with E-state index >= 15 is 0 Å². The van der Waals surface area contributed by atoms with Gasteiger partial charge in [-0.1, -0.05) is 0 Å². The number of piperidine rings is 1. The Labute approximate surface area is 107 Å². The third kappa shape index (κ3) is 1.96. The summed E-state index contributed by atoms with van der Waals surface area (Å²) in [6.45, 7) is 0. The van der Waals surface area contributed by atoms with Crippen molar-refractivity contribution >= 4 is 10.0 Å². The van der Waals surface area contributed by atoms with Gasteiger partial charge in [-0.25, -0.2) is 8.42 Å². The molecule has 100 valence electrons. The number of hydrogen-bond donors (Lipinski definition) is 2. The summed E-state index contributed by atoms with van der Waals surface area (Å²) in [5.74, 6) is 0. The second-order valence-electron chi connectivity index (χ2n) is 5.22. The maximum Gasteiger partial charge on any atom is 0.246 e. The van der Waals surface area contributed by atoms with Crippen molar-refractivity contribution in [3.8, 4) is 0 Å². The highest BCUT2D eigenvalue weighted by atomic mass is 32.2. The van der Waals surface area contributed by atoms with Crippen LogP contribution in [-0.2, 0) is 10.0 Å². The van der Waals surface area contributed by atoms with E-state index in [1.807, 2.05) is 0 Å². The molecule has 3 heterocycles. The first-order valence-electron chi connectivity index (χ1n) is 6.30. The largest absolute Gasteiger partial charge is 0.311 e. The van der Waals surface area contributed by atoms with Gasteiger partial charge in [0.05, 0.1) is 6.20 Å². The summed E-state index contributed by atoms with van der Waals surface area (Å²) in [7, 11) is -1.72. The average molecular weight is 270 g/mol. The number of nitrogens with zero attached hydrogens (tertiary/aromatic N) is 2. The molecule has 0 radical (unpaired) electrons. The van der Waals surface area contributed by atoms with Gasteiger partial charge in [-0.2, -0.15) is 9.40 Å². The van der Waals surface area contributed by atoms with Crippen molar-refractivity contribution in [2.24, 2.45) is 0 Å². The van der Waals surface area contributed by atoms with Crippen LogP contribution in [0.1, 0.15) is 25.7 Å². The van der Waals surface area contributed by atoms with Gasteiger partial charge in [0.1, 0.15) is 4.90 Å². The van der Waals surface area contributed by atoms with E-state index in [0.717, 1.165) is 12.8 Å². The third-order valence-corrected chi connectivity index (χ3v) is 5.99. The Hall–Kier alpha value is -0.920. The molecule has 2 aliphatic heterocycles. The quantitative estimate of drug-likeness (QED) is 0.829. The van der Waals surface area contributed by atoms with Crippen molar-refractivity contribution in [1.82, 2.24) is 19.8 Å². The van der Waals surface area contributed by atoms with E-state index in [1.165, 1.54) is 29.5 Å². The molecule has 2 unspecified atom stereocenters. The molecule has 2 fully saturated rings. The molecule has 2 atom stereocenters.